The van der Waals surface area contributed by atoms with Crippen molar-refractivity contribution in [2.24, 2.45) is 5.92 Å². The Morgan fingerprint density at radius 1 is 1.31 bits per heavy atom. The number of ether oxygens (including phenoxy) is 2. The third-order valence-electron chi connectivity index (χ3n) is 3.48. The number of fused-ring (bicyclic) bond motifs is 2. The molecule has 0 amide bonds. The lowest BCUT2D eigenvalue weighted by atomic mass is 10.1. The Hall–Kier alpha value is -0.120. The Balaban J connectivity index is 1.81. The van der Waals surface area contributed by atoms with Crippen LogP contribution in [0.1, 0.15) is 12.8 Å². The van der Waals surface area contributed by atoms with E-state index in [9.17, 15) is 0 Å². The molecule has 3 heteroatoms. The molecule has 0 aromatic carbocycles. The third-order valence-corrected chi connectivity index (χ3v) is 3.48. The van der Waals surface area contributed by atoms with Crippen molar-refractivity contribution in [2.45, 2.75) is 25.0 Å². The second kappa shape index (κ2) is 3.95. The van der Waals surface area contributed by atoms with Crippen LogP contribution < -0.4 is 0 Å². The molecule has 2 rings (SSSR count). The van der Waals surface area contributed by atoms with Crippen LogP contribution in [0, 0.1) is 5.92 Å². The van der Waals surface area contributed by atoms with Gasteiger partial charge in [0.2, 0.25) is 0 Å². The molecule has 76 valence electrons. The van der Waals surface area contributed by atoms with Crippen molar-refractivity contribution in [1.82, 2.24) is 4.90 Å². The minimum atomic E-state index is 0.531. The van der Waals surface area contributed by atoms with Gasteiger partial charge >= 0.3 is 0 Å². The molecule has 0 aromatic heterocycles. The first-order valence-electron chi connectivity index (χ1n) is 5.11. The van der Waals surface area contributed by atoms with Crippen LogP contribution in [0.4, 0.5) is 0 Å². The molecule has 3 unspecified atom stereocenters. The van der Waals surface area contributed by atoms with E-state index in [2.05, 4.69) is 4.90 Å². The molecule has 0 spiro atoms. The van der Waals surface area contributed by atoms with Crippen molar-refractivity contribution >= 4 is 0 Å². The Bertz CT molecular complexity index is 174. The van der Waals surface area contributed by atoms with E-state index >= 15 is 0 Å². The molecule has 1 saturated carbocycles. The first-order valence-corrected chi connectivity index (χ1v) is 5.11. The van der Waals surface area contributed by atoms with Crippen LogP contribution in [0.15, 0.2) is 0 Å². The summed E-state index contributed by atoms with van der Waals surface area (Å²) in [5.74, 6) is 0.784. The van der Waals surface area contributed by atoms with E-state index in [1.807, 2.05) is 7.11 Å². The van der Waals surface area contributed by atoms with Crippen LogP contribution in [0.2, 0.25) is 0 Å². The zero-order chi connectivity index (χ0) is 9.26. The van der Waals surface area contributed by atoms with E-state index < -0.39 is 0 Å². The van der Waals surface area contributed by atoms with Crippen molar-refractivity contribution in [1.29, 1.82) is 0 Å². The van der Waals surface area contributed by atoms with Crippen molar-refractivity contribution in [2.75, 3.05) is 33.9 Å². The van der Waals surface area contributed by atoms with E-state index in [-0.39, 0.29) is 0 Å². The highest BCUT2D eigenvalue weighted by atomic mass is 16.5. The van der Waals surface area contributed by atoms with Gasteiger partial charge in [-0.05, 0) is 18.8 Å². The number of nitrogens with zero attached hydrogens (tertiary/aromatic N) is 1. The average Bonchev–Trinajstić information content (AvgIpc) is 2.72. The largest absolute Gasteiger partial charge is 0.383 e. The molecular formula is C10H19NO2. The van der Waals surface area contributed by atoms with Crippen molar-refractivity contribution in [3.05, 3.63) is 0 Å². The van der Waals surface area contributed by atoms with Crippen LogP contribution in [0.5, 0.6) is 0 Å². The van der Waals surface area contributed by atoms with Gasteiger partial charge in [-0.2, -0.15) is 0 Å². The number of likely N-dealkylation sites (tertiary alicyclic amines) is 1. The third kappa shape index (κ3) is 1.73. The summed E-state index contributed by atoms with van der Waals surface area (Å²) in [6.07, 6.45) is 3.09. The fourth-order valence-corrected chi connectivity index (χ4v) is 2.77. The topological polar surface area (TPSA) is 21.7 Å². The number of piperidine rings is 1. The van der Waals surface area contributed by atoms with Crippen molar-refractivity contribution in [3.8, 4) is 0 Å². The minimum absolute atomic E-state index is 0.531. The summed E-state index contributed by atoms with van der Waals surface area (Å²) in [6.45, 7) is 3.17. The molecule has 0 N–H and O–H groups in total. The summed E-state index contributed by atoms with van der Waals surface area (Å²) in [6, 6.07) is 0.769. The SMILES string of the molecule is COCCN1CC2CC1CC2OC. The summed E-state index contributed by atoms with van der Waals surface area (Å²) >= 11 is 0. The first kappa shape index (κ1) is 9.44. The van der Waals surface area contributed by atoms with Crippen LogP contribution >= 0.6 is 0 Å². The lowest BCUT2D eigenvalue weighted by Gasteiger charge is -2.30. The van der Waals surface area contributed by atoms with Gasteiger partial charge in [0.05, 0.1) is 12.7 Å². The zero-order valence-corrected chi connectivity index (χ0v) is 8.53. The van der Waals surface area contributed by atoms with Crippen LogP contribution in [0.3, 0.4) is 0 Å². The lowest BCUT2D eigenvalue weighted by Crippen LogP contribution is -2.39. The molecule has 0 aromatic rings. The van der Waals surface area contributed by atoms with Crippen LogP contribution in [-0.4, -0.2) is 51.0 Å². The quantitative estimate of drug-likeness (QED) is 0.645. The van der Waals surface area contributed by atoms with Gasteiger partial charge in [0, 0.05) is 33.4 Å². The molecule has 1 saturated heterocycles. The molecule has 1 aliphatic carbocycles. The monoisotopic (exact) mass is 185 g/mol. The predicted molar refractivity (Wildman–Crippen MR) is 50.8 cm³/mol. The van der Waals surface area contributed by atoms with Gasteiger partial charge in [0.25, 0.3) is 0 Å². The molecule has 2 fully saturated rings. The molecule has 2 bridgehead atoms. The molecule has 3 nitrogen and oxygen atoms in total. The molecule has 3 atom stereocenters. The highest BCUT2D eigenvalue weighted by molar-refractivity contribution is 4.97. The van der Waals surface area contributed by atoms with Gasteiger partial charge < -0.3 is 9.47 Å². The van der Waals surface area contributed by atoms with Crippen molar-refractivity contribution in [3.63, 3.8) is 0 Å². The highest BCUT2D eigenvalue weighted by Crippen LogP contribution is 2.38. The predicted octanol–water partition coefficient (Wildman–Crippen LogP) is 0.742. The maximum absolute atomic E-state index is 5.44. The number of hydrogen-bond acceptors (Lipinski definition) is 3. The van der Waals surface area contributed by atoms with E-state index in [1.54, 1.807) is 7.11 Å². The highest BCUT2D eigenvalue weighted by Gasteiger charge is 2.44. The van der Waals surface area contributed by atoms with E-state index in [4.69, 9.17) is 9.47 Å². The van der Waals surface area contributed by atoms with E-state index in [0.717, 1.165) is 25.1 Å². The molecule has 2 aliphatic rings. The fourth-order valence-electron chi connectivity index (χ4n) is 2.77. The molecule has 1 heterocycles. The maximum atomic E-state index is 5.44. The molecular weight excluding hydrogens is 166 g/mol. The van der Waals surface area contributed by atoms with Gasteiger partial charge in [-0.25, -0.2) is 0 Å². The van der Waals surface area contributed by atoms with Crippen LogP contribution in [-0.2, 0) is 9.47 Å². The Kier molecular flexibility index (Phi) is 2.86. The average molecular weight is 185 g/mol. The van der Waals surface area contributed by atoms with Gasteiger partial charge in [-0.1, -0.05) is 0 Å². The number of rotatable bonds is 4. The summed E-state index contributed by atoms with van der Waals surface area (Å²) in [5.41, 5.74) is 0. The van der Waals surface area contributed by atoms with Crippen molar-refractivity contribution < 1.29 is 9.47 Å². The fraction of sp³-hybridized carbons (Fsp3) is 1.00. The molecule has 13 heavy (non-hydrogen) atoms. The molecule has 1 aliphatic heterocycles. The van der Waals surface area contributed by atoms with E-state index in [1.165, 1.54) is 19.4 Å². The normalized spacial score (nSPS) is 38.8. The smallest absolute Gasteiger partial charge is 0.0627 e. The van der Waals surface area contributed by atoms with Gasteiger partial charge in [-0.3, -0.25) is 4.90 Å². The van der Waals surface area contributed by atoms with Crippen LogP contribution in [0.25, 0.3) is 0 Å². The summed E-state index contributed by atoms with van der Waals surface area (Å²) < 4.78 is 10.5. The standard InChI is InChI=1S/C10H19NO2/c1-12-4-3-11-7-8-5-9(11)6-10(8)13-2/h8-10H,3-7H2,1-2H3. The number of hydrogen-bond donors (Lipinski definition) is 0. The van der Waals surface area contributed by atoms with Gasteiger partial charge in [0.1, 0.15) is 0 Å². The Morgan fingerprint density at radius 3 is 2.69 bits per heavy atom. The summed E-state index contributed by atoms with van der Waals surface area (Å²) in [7, 11) is 3.61. The Labute approximate surface area is 80.0 Å². The Morgan fingerprint density at radius 2 is 2.15 bits per heavy atom. The van der Waals surface area contributed by atoms with Gasteiger partial charge in [-0.15, -0.1) is 0 Å². The second-order valence-corrected chi connectivity index (χ2v) is 4.15. The molecule has 0 radical (unpaired) electrons. The van der Waals surface area contributed by atoms with E-state index in [0.29, 0.717) is 6.10 Å². The summed E-state index contributed by atoms with van der Waals surface area (Å²) in [5, 5.41) is 0. The maximum Gasteiger partial charge on any atom is 0.0627 e. The second-order valence-electron chi connectivity index (χ2n) is 4.15. The van der Waals surface area contributed by atoms with Gasteiger partial charge in [0.15, 0.2) is 0 Å². The lowest BCUT2D eigenvalue weighted by molar-refractivity contribution is 0.0263. The minimum Gasteiger partial charge on any atom is -0.383 e. The zero-order valence-electron chi connectivity index (χ0n) is 8.53. The number of methoxy groups -OCH3 is 2. The summed E-state index contributed by atoms with van der Waals surface area (Å²) in [4.78, 5) is 2.55. The first-order chi connectivity index (χ1) is 6.35.